The zero-order valence-electron chi connectivity index (χ0n) is 13.3. The highest BCUT2D eigenvalue weighted by Crippen LogP contribution is 2.23. The van der Waals surface area contributed by atoms with Gasteiger partial charge in [-0.2, -0.15) is 5.06 Å². The Labute approximate surface area is 139 Å². The number of benzene rings is 2. The van der Waals surface area contributed by atoms with Crippen molar-refractivity contribution in [1.82, 2.24) is 5.06 Å². The van der Waals surface area contributed by atoms with Crippen LogP contribution in [0.5, 0.6) is 11.5 Å². The summed E-state index contributed by atoms with van der Waals surface area (Å²) in [5.74, 6) is 6.04. The molecule has 2 amide bonds. The maximum Gasteiger partial charge on any atom is 0.339 e. The number of carbonyl (C=O) groups is 1. The third-order valence-corrected chi connectivity index (χ3v) is 3.23. The van der Waals surface area contributed by atoms with Crippen LogP contribution in [0.15, 0.2) is 42.5 Å². The molecule has 3 N–H and O–H groups in total. The van der Waals surface area contributed by atoms with Crippen LogP contribution in [0.2, 0.25) is 0 Å². The summed E-state index contributed by atoms with van der Waals surface area (Å²) in [6.45, 7) is 3.21. The molecular weight excluding hydrogens is 311 g/mol. The Bertz CT molecular complexity index is 811. The Morgan fingerprint density at radius 1 is 1.29 bits per heavy atom. The van der Waals surface area contributed by atoms with Gasteiger partial charge in [-0.1, -0.05) is 24.0 Å². The van der Waals surface area contributed by atoms with Gasteiger partial charge >= 0.3 is 6.03 Å². The van der Waals surface area contributed by atoms with E-state index in [0.717, 1.165) is 0 Å². The number of aryl methyl sites for hydroxylation is 1. The monoisotopic (exact) mass is 328 g/mol. The quantitative estimate of drug-likeness (QED) is 0.515. The molecule has 0 spiro atoms. The predicted octanol–water partition coefficient (Wildman–Crippen LogP) is 3.44. The molecule has 1 unspecified atom stereocenters. The summed E-state index contributed by atoms with van der Waals surface area (Å²) in [6, 6.07) is 9.76. The van der Waals surface area contributed by atoms with E-state index in [2.05, 4.69) is 11.8 Å². The number of carbonyl (C=O) groups excluding carboxylic acids is 1. The molecule has 0 saturated heterocycles. The molecule has 6 heteroatoms. The maximum atomic E-state index is 13.5. The van der Waals surface area contributed by atoms with Gasteiger partial charge in [-0.25, -0.2) is 9.18 Å². The van der Waals surface area contributed by atoms with Crippen molar-refractivity contribution in [2.75, 3.05) is 0 Å². The lowest BCUT2D eigenvalue weighted by atomic mass is 10.2. The second-order valence-electron chi connectivity index (χ2n) is 5.17. The minimum absolute atomic E-state index is 0.341. The zero-order chi connectivity index (χ0) is 17.7. The van der Waals surface area contributed by atoms with Gasteiger partial charge in [-0.3, -0.25) is 5.21 Å². The molecule has 0 radical (unpaired) electrons. The molecule has 2 aromatic carbocycles. The molecule has 24 heavy (non-hydrogen) atoms. The molecule has 2 rings (SSSR count). The largest absolute Gasteiger partial charge is 0.457 e. The summed E-state index contributed by atoms with van der Waals surface area (Å²) in [5, 5.41) is 9.72. The van der Waals surface area contributed by atoms with E-state index < -0.39 is 12.1 Å². The van der Waals surface area contributed by atoms with Crippen molar-refractivity contribution in [3.05, 3.63) is 59.4 Å². The molecule has 0 fully saturated rings. The average Bonchev–Trinajstić information content (AvgIpc) is 2.55. The van der Waals surface area contributed by atoms with Crippen LogP contribution in [0.3, 0.4) is 0 Å². The molecule has 1 atom stereocenters. The minimum Gasteiger partial charge on any atom is -0.457 e. The molecule has 124 valence electrons. The number of hydrogen-bond acceptors (Lipinski definition) is 3. The van der Waals surface area contributed by atoms with Crippen molar-refractivity contribution in [1.29, 1.82) is 0 Å². The summed E-state index contributed by atoms with van der Waals surface area (Å²) in [5.41, 5.74) is 6.11. The van der Waals surface area contributed by atoms with E-state index in [4.69, 9.17) is 10.5 Å². The van der Waals surface area contributed by atoms with Crippen LogP contribution in [-0.2, 0) is 0 Å². The Kier molecular flexibility index (Phi) is 5.40. The first-order valence-corrected chi connectivity index (χ1v) is 7.20. The van der Waals surface area contributed by atoms with Crippen LogP contribution in [0.4, 0.5) is 9.18 Å². The van der Waals surface area contributed by atoms with Crippen LogP contribution in [0, 0.1) is 24.6 Å². The van der Waals surface area contributed by atoms with Crippen molar-refractivity contribution < 1.29 is 19.1 Å². The highest BCUT2D eigenvalue weighted by Gasteiger charge is 2.11. The zero-order valence-corrected chi connectivity index (χ0v) is 13.3. The number of nitrogens with two attached hydrogens (primary N) is 1. The molecule has 0 bridgehead atoms. The van der Waals surface area contributed by atoms with Crippen molar-refractivity contribution >= 4 is 6.03 Å². The van der Waals surface area contributed by atoms with Gasteiger partial charge in [0.15, 0.2) is 0 Å². The van der Waals surface area contributed by atoms with Crippen molar-refractivity contribution in [3.8, 4) is 23.3 Å². The van der Waals surface area contributed by atoms with E-state index in [1.54, 1.807) is 43.3 Å². The lowest BCUT2D eigenvalue weighted by molar-refractivity contribution is -0.0536. The highest BCUT2D eigenvalue weighted by molar-refractivity contribution is 5.71. The molecule has 0 aliphatic heterocycles. The van der Waals surface area contributed by atoms with Crippen molar-refractivity contribution in [2.45, 2.75) is 19.9 Å². The fourth-order valence-corrected chi connectivity index (χ4v) is 1.85. The van der Waals surface area contributed by atoms with E-state index in [1.165, 1.54) is 13.0 Å². The van der Waals surface area contributed by atoms with E-state index in [0.29, 0.717) is 27.7 Å². The van der Waals surface area contributed by atoms with Gasteiger partial charge in [0.05, 0.1) is 0 Å². The van der Waals surface area contributed by atoms with Crippen LogP contribution in [-0.4, -0.2) is 22.3 Å². The molecule has 0 aliphatic rings. The first-order chi connectivity index (χ1) is 11.4. The number of primary amides is 1. The minimum atomic E-state index is -0.977. The third-order valence-electron chi connectivity index (χ3n) is 3.23. The van der Waals surface area contributed by atoms with Crippen LogP contribution >= 0.6 is 0 Å². The molecule has 2 aromatic rings. The Morgan fingerprint density at radius 3 is 2.67 bits per heavy atom. The Morgan fingerprint density at radius 2 is 2.00 bits per heavy atom. The lowest BCUT2D eigenvalue weighted by Crippen LogP contribution is -2.38. The van der Waals surface area contributed by atoms with Crippen LogP contribution < -0.4 is 10.5 Å². The fraction of sp³-hybridized carbons (Fsp3) is 0.167. The number of urea groups is 1. The standard InChI is InChI=1S/C18H17FN2O3/c1-12-6-9-16(11-17(12)19)24-15-5-3-4-14(10-15)8-7-13(2)21(23)18(20)22/h3-6,9-11,13,23H,1-2H3,(H2,20,22). The Balaban J connectivity index is 2.14. The molecule has 0 aliphatic carbocycles. The molecular formula is C18H17FN2O3. The van der Waals surface area contributed by atoms with E-state index >= 15 is 0 Å². The molecule has 0 aromatic heterocycles. The number of rotatable bonds is 3. The van der Waals surface area contributed by atoms with E-state index in [9.17, 15) is 14.4 Å². The van der Waals surface area contributed by atoms with Gasteiger partial charge in [-0.15, -0.1) is 0 Å². The van der Waals surface area contributed by atoms with Gasteiger partial charge in [0.1, 0.15) is 23.4 Å². The summed E-state index contributed by atoms with van der Waals surface area (Å²) >= 11 is 0. The number of halogens is 1. The van der Waals surface area contributed by atoms with Crippen molar-refractivity contribution in [3.63, 3.8) is 0 Å². The lowest BCUT2D eigenvalue weighted by Gasteiger charge is -2.14. The second-order valence-corrected chi connectivity index (χ2v) is 5.17. The van der Waals surface area contributed by atoms with Gasteiger partial charge < -0.3 is 10.5 Å². The van der Waals surface area contributed by atoms with Gasteiger partial charge in [0, 0.05) is 11.6 Å². The highest BCUT2D eigenvalue weighted by atomic mass is 19.1. The fourth-order valence-electron chi connectivity index (χ4n) is 1.85. The summed E-state index contributed by atoms with van der Waals surface area (Å²) in [4.78, 5) is 10.8. The third kappa shape index (κ3) is 4.48. The van der Waals surface area contributed by atoms with E-state index in [-0.39, 0.29) is 5.82 Å². The normalized spacial score (nSPS) is 11.2. The molecule has 0 saturated carbocycles. The summed E-state index contributed by atoms with van der Waals surface area (Å²) in [6.07, 6.45) is 0. The number of amides is 2. The van der Waals surface area contributed by atoms with Gasteiger partial charge in [0.2, 0.25) is 0 Å². The number of nitrogens with zero attached hydrogens (tertiary/aromatic N) is 1. The number of hydroxylamine groups is 2. The van der Waals surface area contributed by atoms with Gasteiger partial charge in [0.25, 0.3) is 0 Å². The SMILES string of the molecule is Cc1ccc(Oc2cccc(C#CC(C)N(O)C(N)=O)c2)cc1F. The topological polar surface area (TPSA) is 75.8 Å². The average molecular weight is 328 g/mol. The van der Waals surface area contributed by atoms with Crippen LogP contribution in [0.25, 0.3) is 0 Å². The maximum absolute atomic E-state index is 13.5. The summed E-state index contributed by atoms with van der Waals surface area (Å²) in [7, 11) is 0. The second kappa shape index (κ2) is 7.49. The summed E-state index contributed by atoms with van der Waals surface area (Å²) < 4.78 is 19.1. The smallest absolute Gasteiger partial charge is 0.339 e. The van der Waals surface area contributed by atoms with Gasteiger partial charge in [-0.05, 0) is 43.7 Å². The molecule has 5 nitrogen and oxygen atoms in total. The first kappa shape index (κ1) is 17.3. The first-order valence-electron chi connectivity index (χ1n) is 7.20. The number of ether oxygens (including phenoxy) is 1. The predicted molar refractivity (Wildman–Crippen MR) is 87.2 cm³/mol. The van der Waals surface area contributed by atoms with Crippen molar-refractivity contribution in [2.24, 2.45) is 5.73 Å². The molecule has 0 heterocycles. The van der Waals surface area contributed by atoms with Crippen LogP contribution in [0.1, 0.15) is 18.1 Å². The van der Waals surface area contributed by atoms with E-state index in [1.807, 2.05) is 0 Å². The number of hydrogen-bond donors (Lipinski definition) is 2. The Hall–Kier alpha value is -3.04.